The van der Waals surface area contributed by atoms with Crippen LogP contribution in [0.1, 0.15) is 20.3 Å². The van der Waals surface area contributed by atoms with Gasteiger partial charge in [0, 0.05) is 18.6 Å². The topological polar surface area (TPSA) is 32.3 Å². The Morgan fingerprint density at radius 2 is 2.00 bits per heavy atom. The summed E-state index contributed by atoms with van der Waals surface area (Å²) in [6, 6.07) is -0.426. The van der Waals surface area contributed by atoms with Crippen LogP contribution in [0.3, 0.4) is 0 Å². The van der Waals surface area contributed by atoms with Gasteiger partial charge in [0.05, 0.1) is 0 Å². The number of nitrogens with zero attached hydrogens (tertiary/aromatic N) is 1. The summed E-state index contributed by atoms with van der Waals surface area (Å²) in [5.74, 6) is -1.62. The summed E-state index contributed by atoms with van der Waals surface area (Å²) in [4.78, 5) is 12.8. The van der Waals surface area contributed by atoms with E-state index in [9.17, 15) is 18.0 Å². The van der Waals surface area contributed by atoms with E-state index in [0.717, 1.165) is 0 Å². The molecule has 1 fully saturated rings. The van der Waals surface area contributed by atoms with Gasteiger partial charge >= 0.3 is 12.1 Å². The maximum absolute atomic E-state index is 12.1. The van der Waals surface area contributed by atoms with Crippen molar-refractivity contribution in [3.05, 3.63) is 0 Å². The van der Waals surface area contributed by atoms with Crippen molar-refractivity contribution in [2.75, 3.05) is 13.6 Å². The SMILES string of the molecule is CC(C)C1C(NC(=O)C(F)(F)F)CCN1C. The highest BCUT2D eigenvalue weighted by Crippen LogP contribution is 2.24. The first kappa shape index (κ1) is 13.3. The lowest BCUT2D eigenvalue weighted by Gasteiger charge is -2.29. The van der Waals surface area contributed by atoms with Gasteiger partial charge in [-0.05, 0) is 19.4 Å². The second-order valence-corrected chi connectivity index (χ2v) is 4.58. The lowest BCUT2D eigenvalue weighted by atomic mass is 9.97. The molecule has 0 aromatic heterocycles. The number of carbonyl (C=O) groups is 1. The number of hydrogen-bond donors (Lipinski definition) is 1. The van der Waals surface area contributed by atoms with Gasteiger partial charge in [0.2, 0.25) is 0 Å². The highest BCUT2D eigenvalue weighted by Gasteiger charge is 2.43. The third kappa shape index (κ3) is 2.87. The Morgan fingerprint density at radius 3 is 2.44 bits per heavy atom. The third-order valence-electron chi connectivity index (χ3n) is 2.97. The maximum atomic E-state index is 12.1. The van der Waals surface area contributed by atoms with Crippen LogP contribution in [0.2, 0.25) is 0 Å². The Kier molecular flexibility index (Phi) is 3.83. The van der Waals surface area contributed by atoms with Gasteiger partial charge in [0.25, 0.3) is 0 Å². The molecule has 1 aliphatic rings. The van der Waals surface area contributed by atoms with Crippen molar-refractivity contribution in [1.82, 2.24) is 10.2 Å². The highest BCUT2D eigenvalue weighted by atomic mass is 19.4. The normalized spacial score (nSPS) is 27.4. The maximum Gasteiger partial charge on any atom is 0.471 e. The van der Waals surface area contributed by atoms with Gasteiger partial charge in [-0.15, -0.1) is 0 Å². The number of alkyl halides is 3. The van der Waals surface area contributed by atoms with Gasteiger partial charge in [0.15, 0.2) is 0 Å². The van der Waals surface area contributed by atoms with Crippen molar-refractivity contribution in [2.45, 2.75) is 38.5 Å². The molecule has 16 heavy (non-hydrogen) atoms. The molecule has 0 bridgehead atoms. The van der Waals surface area contributed by atoms with Crippen molar-refractivity contribution in [2.24, 2.45) is 5.92 Å². The number of hydrogen-bond acceptors (Lipinski definition) is 2. The number of amides is 1. The van der Waals surface area contributed by atoms with Crippen molar-refractivity contribution in [3.63, 3.8) is 0 Å². The van der Waals surface area contributed by atoms with E-state index in [2.05, 4.69) is 5.32 Å². The van der Waals surface area contributed by atoms with Crippen molar-refractivity contribution in [1.29, 1.82) is 0 Å². The van der Waals surface area contributed by atoms with Crippen LogP contribution < -0.4 is 5.32 Å². The van der Waals surface area contributed by atoms with Crippen molar-refractivity contribution >= 4 is 5.91 Å². The summed E-state index contributed by atoms with van der Waals surface area (Å²) in [5.41, 5.74) is 0. The molecule has 1 aliphatic heterocycles. The lowest BCUT2D eigenvalue weighted by molar-refractivity contribution is -0.174. The van der Waals surface area contributed by atoms with Gasteiger partial charge in [0.1, 0.15) is 0 Å². The van der Waals surface area contributed by atoms with Gasteiger partial charge < -0.3 is 10.2 Å². The van der Waals surface area contributed by atoms with Crippen LogP contribution in [-0.4, -0.2) is 42.7 Å². The molecule has 1 heterocycles. The minimum absolute atomic E-state index is 0.0219. The number of carbonyl (C=O) groups excluding carboxylic acids is 1. The zero-order valence-corrected chi connectivity index (χ0v) is 9.64. The Hall–Kier alpha value is -0.780. The van der Waals surface area contributed by atoms with E-state index in [4.69, 9.17) is 0 Å². The van der Waals surface area contributed by atoms with E-state index in [0.29, 0.717) is 13.0 Å². The minimum atomic E-state index is -4.79. The van der Waals surface area contributed by atoms with Crippen LogP contribution in [-0.2, 0) is 4.79 Å². The van der Waals surface area contributed by atoms with E-state index in [1.54, 1.807) is 0 Å². The van der Waals surface area contributed by atoms with Crippen LogP contribution in [0.25, 0.3) is 0 Å². The Bertz CT molecular complexity index is 265. The smallest absolute Gasteiger partial charge is 0.344 e. The second-order valence-electron chi connectivity index (χ2n) is 4.58. The van der Waals surface area contributed by atoms with E-state index in [1.165, 1.54) is 0 Å². The van der Waals surface area contributed by atoms with E-state index in [1.807, 2.05) is 25.8 Å². The summed E-state index contributed by atoms with van der Waals surface area (Å²) in [5, 5.41) is 2.08. The van der Waals surface area contributed by atoms with Crippen LogP contribution in [0.5, 0.6) is 0 Å². The van der Waals surface area contributed by atoms with Crippen LogP contribution in [0.15, 0.2) is 0 Å². The predicted molar refractivity (Wildman–Crippen MR) is 53.9 cm³/mol. The fourth-order valence-corrected chi connectivity index (χ4v) is 2.35. The first-order chi connectivity index (χ1) is 7.23. The first-order valence-corrected chi connectivity index (χ1v) is 5.31. The summed E-state index contributed by atoms with van der Waals surface area (Å²) in [6.07, 6.45) is -4.22. The first-order valence-electron chi connectivity index (χ1n) is 5.31. The number of likely N-dealkylation sites (N-methyl/N-ethyl adjacent to an activating group) is 1. The number of rotatable bonds is 2. The van der Waals surface area contributed by atoms with Gasteiger partial charge in [-0.2, -0.15) is 13.2 Å². The second kappa shape index (κ2) is 4.61. The Morgan fingerprint density at radius 1 is 1.44 bits per heavy atom. The molecule has 0 radical (unpaired) electrons. The predicted octanol–water partition coefficient (Wildman–Crippen LogP) is 1.39. The highest BCUT2D eigenvalue weighted by molar-refractivity contribution is 5.82. The summed E-state index contributed by atoms with van der Waals surface area (Å²) >= 11 is 0. The third-order valence-corrected chi connectivity index (χ3v) is 2.97. The molecule has 1 N–H and O–H groups in total. The Labute approximate surface area is 93.0 Å². The van der Waals surface area contributed by atoms with E-state index in [-0.39, 0.29) is 12.0 Å². The fraction of sp³-hybridized carbons (Fsp3) is 0.900. The minimum Gasteiger partial charge on any atom is -0.344 e. The molecule has 1 rings (SSSR count). The molecule has 1 saturated heterocycles. The molecule has 2 unspecified atom stereocenters. The van der Waals surface area contributed by atoms with Crippen molar-refractivity contribution in [3.8, 4) is 0 Å². The summed E-state index contributed by atoms with van der Waals surface area (Å²) in [7, 11) is 1.87. The zero-order valence-electron chi connectivity index (χ0n) is 9.64. The standard InChI is InChI=1S/C10H17F3N2O/c1-6(2)8-7(4-5-15(8)3)14-9(16)10(11,12)13/h6-8H,4-5H2,1-3H3,(H,14,16). The average molecular weight is 238 g/mol. The number of halogens is 3. The lowest BCUT2D eigenvalue weighted by Crippen LogP contribution is -2.50. The molecule has 94 valence electrons. The number of nitrogens with one attached hydrogen (secondary N) is 1. The van der Waals surface area contributed by atoms with Gasteiger partial charge in [-0.3, -0.25) is 4.79 Å². The summed E-state index contributed by atoms with van der Waals surface area (Å²) < 4.78 is 36.3. The molecule has 2 atom stereocenters. The molecular weight excluding hydrogens is 221 g/mol. The molecular formula is C10H17F3N2O. The van der Waals surface area contributed by atoms with Crippen molar-refractivity contribution < 1.29 is 18.0 Å². The molecule has 0 aromatic rings. The molecule has 0 aromatic carbocycles. The summed E-state index contributed by atoms with van der Waals surface area (Å²) in [6.45, 7) is 4.60. The number of likely N-dealkylation sites (tertiary alicyclic amines) is 1. The van der Waals surface area contributed by atoms with E-state index < -0.39 is 18.1 Å². The molecule has 0 saturated carbocycles. The van der Waals surface area contributed by atoms with Crippen LogP contribution in [0.4, 0.5) is 13.2 Å². The molecule has 1 amide bonds. The fourth-order valence-electron chi connectivity index (χ4n) is 2.35. The van der Waals surface area contributed by atoms with Crippen LogP contribution in [0, 0.1) is 5.92 Å². The quantitative estimate of drug-likeness (QED) is 0.788. The van der Waals surface area contributed by atoms with E-state index >= 15 is 0 Å². The largest absolute Gasteiger partial charge is 0.471 e. The molecule has 0 spiro atoms. The van der Waals surface area contributed by atoms with Crippen LogP contribution >= 0.6 is 0 Å². The Balaban J connectivity index is 2.64. The van der Waals surface area contributed by atoms with Gasteiger partial charge in [-0.1, -0.05) is 13.8 Å². The zero-order chi connectivity index (χ0) is 12.5. The average Bonchev–Trinajstić information content (AvgIpc) is 2.45. The van der Waals surface area contributed by atoms with Gasteiger partial charge in [-0.25, -0.2) is 0 Å². The monoisotopic (exact) mass is 238 g/mol. The molecule has 0 aliphatic carbocycles. The molecule has 3 nitrogen and oxygen atoms in total. The molecule has 6 heteroatoms.